The molecule has 1 aromatic carbocycles. The lowest BCUT2D eigenvalue weighted by Crippen LogP contribution is -2.41. The van der Waals surface area contributed by atoms with Crippen LogP contribution in [0, 0.1) is 13.8 Å². The van der Waals surface area contributed by atoms with E-state index in [0.29, 0.717) is 0 Å². The molecule has 1 aliphatic rings. The minimum Gasteiger partial charge on any atom is -0.463 e. The first-order valence-electron chi connectivity index (χ1n) is 6.72. The predicted octanol–water partition coefficient (Wildman–Crippen LogP) is 2.53. The van der Waals surface area contributed by atoms with E-state index in [0.717, 1.165) is 16.8 Å². The molecule has 106 valence electrons. The predicted molar refractivity (Wildman–Crippen MR) is 77.6 cm³/mol. The van der Waals surface area contributed by atoms with Gasteiger partial charge in [-0.2, -0.15) is 0 Å². The van der Waals surface area contributed by atoms with Crippen LogP contribution in [0.2, 0.25) is 0 Å². The summed E-state index contributed by atoms with van der Waals surface area (Å²) < 4.78 is 5.02. The fraction of sp³-hybridized carbons (Fsp3) is 0.375. The summed E-state index contributed by atoms with van der Waals surface area (Å²) in [6.45, 7) is 6.00. The third kappa shape index (κ3) is 2.74. The van der Waals surface area contributed by atoms with Crippen LogP contribution in [0.3, 0.4) is 0 Å². The molecule has 0 saturated carbocycles. The van der Waals surface area contributed by atoms with Gasteiger partial charge in [0.15, 0.2) is 0 Å². The quantitative estimate of drug-likeness (QED) is 0.628. The highest BCUT2D eigenvalue weighted by molar-refractivity contribution is 6.03. The van der Waals surface area contributed by atoms with E-state index in [4.69, 9.17) is 4.74 Å². The molecule has 1 aromatic rings. The van der Waals surface area contributed by atoms with Gasteiger partial charge >= 0.3 is 5.97 Å². The highest BCUT2D eigenvalue weighted by Crippen LogP contribution is 2.29. The Kier molecular flexibility index (Phi) is 4.23. The van der Waals surface area contributed by atoms with Gasteiger partial charge < -0.3 is 9.64 Å². The van der Waals surface area contributed by atoms with Gasteiger partial charge in [-0.15, -0.1) is 0 Å². The number of nitrogens with zero attached hydrogens (tertiary/aromatic N) is 1. The average Bonchev–Trinajstić information content (AvgIpc) is 2.80. The molecule has 0 aliphatic carbocycles. The number of esters is 1. The molecule has 0 radical (unpaired) electrons. The van der Waals surface area contributed by atoms with E-state index in [1.54, 1.807) is 17.9 Å². The van der Waals surface area contributed by atoms with E-state index in [9.17, 15) is 9.59 Å². The lowest BCUT2D eigenvalue weighted by atomic mass is 10.0. The summed E-state index contributed by atoms with van der Waals surface area (Å²) in [4.78, 5) is 25.5. The van der Waals surface area contributed by atoms with Crippen LogP contribution < -0.4 is 4.90 Å². The summed E-state index contributed by atoms with van der Waals surface area (Å²) in [5, 5.41) is 0. The van der Waals surface area contributed by atoms with Crippen molar-refractivity contribution in [2.75, 3.05) is 11.5 Å². The smallest absolute Gasteiger partial charge is 0.308 e. The molecular weight excluding hydrogens is 254 g/mol. The maximum absolute atomic E-state index is 12.4. The molecule has 1 saturated heterocycles. The second-order valence-electron chi connectivity index (χ2n) is 4.99. The molecule has 1 aliphatic heterocycles. The number of benzene rings is 1. The van der Waals surface area contributed by atoms with Gasteiger partial charge in [0, 0.05) is 0 Å². The van der Waals surface area contributed by atoms with Crippen molar-refractivity contribution in [2.24, 2.45) is 0 Å². The van der Waals surface area contributed by atoms with Crippen LogP contribution in [0.1, 0.15) is 24.5 Å². The molecule has 20 heavy (non-hydrogen) atoms. The van der Waals surface area contributed by atoms with Crippen molar-refractivity contribution in [3.05, 3.63) is 41.5 Å². The van der Waals surface area contributed by atoms with Crippen molar-refractivity contribution in [3.8, 4) is 0 Å². The van der Waals surface area contributed by atoms with E-state index in [-0.39, 0.29) is 30.9 Å². The molecule has 1 unspecified atom stereocenters. The van der Waals surface area contributed by atoms with Gasteiger partial charge in [0.05, 0.1) is 18.2 Å². The summed E-state index contributed by atoms with van der Waals surface area (Å²) in [6.07, 6.45) is 3.48. The number of aryl methyl sites for hydroxylation is 2. The van der Waals surface area contributed by atoms with E-state index >= 15 is 0 Å². The molecular formula is C16H19NO3. The molecule has 4 nitrogen and oxygen atoms in total. The van der Waals surface area contributed by atoms with Crippen molar-refractivity contribution < 1.29 is 14.3 Å². The minimum atomic E-state index is -0.250. The van der Waals surface area contributed by atoms with E-state index in [1.165, 1.54) is 6.08 Å². The molecule has 1 atom stereocenters. The molecule has 1 amide bonds. The maximum Gasteiger partial charge on any atom is 0.308 e. The second-order valence-corrected chi connectivity index (χ2v) is 4.99. The van der Waals surface area contributed by atoms with Gasteiger partial charge in [0.2, 0.25) is 0 Å². The Labute approximate surface area is 119 Å². The highest BCUT2D eigenvalue weighted by atomic mass is 16.5. The molecule has 1 heterocycles. The van der Waals surface area contributed by atoms with Crippen LogP contribution in [0.5, 0.6) is 0 Å². The summed E-state index contributed by atoms with van der Waals surface area (Å²) >= 11 is 0. The number of allylic oxidation sites excluding steroid dienone is 1. The van der Waals surface area contributed by atoms with E-state index in [2.05, 4.69) is 0 Å². The molecule has 0 bridgehead atoms. The standard InChI is InChI=1S/C16H19NO3/c1-4-6-14(18)17(13-9-15(19)20-10-13)16-11(2)7-5-8-12(16)3/h4-8,13H,9-10H2,1-3H3. The Bertz CT molecular complexity index is 543. The lowest BCUT2D eigenvalue weighted by molar-refractivity contribution is -0.137. The van der Waals surface area contributed by atoms with Gasteiger partial charge in [-0.05, 0) is 38.0 Å². The zero-order valence-corrected chi connectivity index (χ0v) is 12.1. The van der Waals surface area contributed by atoms with E-state index < -0.39 is 0 Å². The zero-order chi connectivity index (χ0) is 14.7. The topological polar surface area (TPSA) is 46.6 Å². The first kappa shape index (κ1) is 14.3. The fourth-order valence-electron chi connectivity index (χ4n) is 2.55. The first-order valence-corrected chi connectivity index (χ1v) is 6.72. The summed E-state index contributed by atoms with van der Waals surface area (Å²) in [7, 11) is 0. The van der Waals surface area contributed by atoms with Crippen molar-refractivity contribution in [2.45, 2.75) is 33.2 Å². The summed E-state index contributed by atoms with van der Waals surface area (Å²) in [5.41, 5.74) is 2.91. The normalized spacial score (nSPS) is 18.4. The highest BCUT2D eigenvalue weighted by Gasteiger charge is 2.33. The first-order chi connectivity index (χ1) is 9.54. The number of cyclic esters (lactones) is 1. The number of hydrogen-bond acceptors (Lipinski definition) is 3. The summed E-state index contributed by atoms with van der Waals surface area (Å²) in [6, 6.07) is 5.67. The van der Waals surface area contributed by atoms with Crippen LogP contribution in [0.25, 0.3) is 0 Å². The maximum atomic E-state index is 12.4. The van der Waals surface area contributed by atoms with Crippen molar-refractivity contribution in [1.82, 2.24) is 0 Å². The van der Waals surface area contributed by atoms with Crippen molar-refractivity contribution >= 4 is 17.6 Å². The van der Waals surface area contributed by atoms with E-state index in [1.807, 2.05) is 32.0 Å². The second kappa shape index (κ2) is 5.90. The Balaban J connectivity index is 2.46. The number of amides is 1. The Hall–Kier alpha value is -2.10. The zero-order valence-electron chi connectivity index (χ0n) is 12.1. The minimum absolute atomic E-state index is 0.117. The third-order valence-corrected chi connectivity index (χ3v) is 3.43. The van der Waals surface area contributed by atoms with Crippen LogP contribution in [-0.4, -0.2) is 24.5 Å². The van der Waals surface area contributed by atoms with Gasteiger partial charge in [0.25, 0.3) is 5.91 Å². The largest absolute Gasteiger partial charge is 0.463 e. The number of ether oxygens (including phenoxy) is 1. The number of carbonyl (C=O) groups excluding carboxylic acids is 2. The van der Waals surface area contributed by atoms with Gasteiger partial charge in [-0.3, -0.25) is 9.59 Å². The fourth-order valence-corrected chi connectivity index (χ4v) is 2.55. The Morgan fingerprint density at radius 3 is 2.50 bits per heavy atom. The van der Waals surface area contributed by atoms with Crippen LogP contribution in [0.15, 0.2) is 30.4 Å². The van der Waals surface area contributed by atoms with Crippen molar-refractivity contribution in [1.29, 1.82) is 0 Å². The third-order valence-electron chi connectivity index (χ3n) is 3.43. The monoisotopic (exact) mass is 273 g/mol. The number of hydrogen-bond donors (Lipinski definition) is 0. The van der Waals surface area contributed by atoms with Crippen LogP contribution >= 0.6 is 0 Å². The van der Waals surface area contributed by atoms with Gasteiger partial charge in [0.1, 0.15) is 6.61 Å². The van der Waals surface area contributed by atoms with Crippen LogP contribution in [0.4, 0.5) is 5.69 Å². The molecule has 1 fully saturated rings. The number of carbonyl (C=O) groups is 2. The van der Waals surface area contributed by atoms with Crippen LogP contribution in [-0.2, 0) is 14.3 Å². The van der Waals surface area contributed by atoms with Gasteiger partial charge in [-0.1, -0.05) is 24.3 Å². The Morgan fingerprint density at radius 1 is 1.35 bits per heavy atom. The SMILES string of the molecule is CC=CC(=O)N(c1c(C)cccc1C)C1COC(=O)C1. The molecule has 4 heteroatoms. The summed E-state index contributed by atoms with van der Waals surface area (Å²) in [5.74, 6) is -0.368. The Morgan fingerprint density at radius 2 is 2.00 bits per heavy atom. The number of rotatable bonds is 3. The number of para-hydroxylation sites is 1. The molecule has 2 rings (SSSR count). The lowest BCUT2D eigenvalue weighted by Gasteiger charge is -2.29. The number of anilines is 1. The molecule has 0 N–H and O–H groups in total. The molecule has 0 aromatic heterocycles. The average molecular weight is 273 g/mol. The molecule has 0 spiro atoms. The van der Waals surface area contributed by atoms with Gasteiger partial charge in [-0.25, -0.2) is 0 Å². The van der Waals surface area contributed by atoms with Crippen molar-refractivity contribution in [3.63, 3.8) is 0 Å².